The van der Waals surface area contributed by atoms with E-state index in [0.29, 0.717) is 5.69 Å². The fourth-order valence-electron chi connectivity index (χ4n) is 2.98. The number of rotatable bonds is 10. The summed E-state index contributed by atoms with van der Waals surface area (Å²) in [5, 5.41) is 7.28. The van der Waals surface area contributed by atoms with Gasteiger partial charge < -0.3 is 16.0 Å². The first-order valence-corrected chi connectivity index (χ1v) is 11.4. The molecule has 9 nitrogen and oxygen atoms in total. The van der Waals surface area contributed by atoms with Crippen LogP contribution in [0.1, 0.15) is 32.3 Å². The van der Waals surface area contributed by atoms with Gasteiger partial charge in [-0.3, -0.25) is 28.9 Å². The first-order valence-electron chi connectivity index (χ1n) is 10.1. The zero-order valence-corrected chi connectivity index (χ0v) is 18.7. The lowest BCUT2D eigenvalue weighted by Gasteiger charge is -2.16. The van der Waals surface area contributed by atoms with Crippen molar-refractivity contribution in [3.63, 3.8) is 0 Å². The molecule has 10 heteroatoms. The first kappa shape index (κ1) is 24.4. The maximum absolute atomic E-state index is 12.2. The molecule has 0 spiro atoms. The van der Waals surface area contributed by atoms with Gasteiger partial charge in [-0.25, -0.2) is 0 Å². The highest BCUT2D eigenvalue weighted by atomic mass is 32.2. The van der Waals surface area contributed by atoms with Crippen LogP contribution in [0.5, 0.6) is 0 Å². The SMILES string of the molecule is CCc1ccc(NC(=O)[C@H](C)NC(=O)CNC(=O)CCN2C(=O)CC(SC)C2=O)cc1. The van der Waals surface area contributed by atoms with Crippen molar-refractivity contribution in [2.45, 2.75) is 44.4 Å². The van der Waals surface area contributed by atoms with Crippen molar-refractivity contribution in [3.8, 4) is 0 Å². The van der Waals surface area contributed by atoms with E-state index in [0.717, 1.165) is 16.9 Å². The Labute approximate surface area is 185 Å². The average Bonchev–Trinajstić information content (AvgIpc) is 3.03. The third-order valence-corrected chi connectivity index (χ3v) is 5.83. The lowest BCUT2D eigenvalue weighted by Crippen LogP contribution is -2.46. The highest BCUT2D eigenvalue weighted by Gasteiger charge is 2.37. The molecule has 31 heavy (non-hydrogen) atoms. The molecule has 0 aliphatic carbocycles. The van der Waals surface area contributed by atoms with Gasteiger partial charge in [0.05, 0.1) is 11.8 Å². The van der Waals surface area contributed by atoms with Crippen LogP contribution in [0, 0.1) is 0 Å². The summed E-state index contributed by atoms with van der Waals surface area (Å²) in [7, 11) is 0. The van der Waals surface area contributed by atoms with Crippen LogP contribution in [0.4, 0.5) is 5.69 Å². The molecule has 0 saturated carbocycles. The molecule has 2 rings (SSSR count). The van der Waals surface area contributed by atoms with E-state index in [1.165, 1.54) is 11.8 Å². The minimum atomic E-state index is -0.793. The maximum atomic E-state index is 12.2. The Morgan fingerprint density at radius 2 is 1.84 bits per heavy atom. The number of anilines is 1. The van der Waals surface area contributed by atoms with Crippen molar-refractivity contribution in [3.05, 3.63) is 29.8 Å². The van der Waals surface area contributed by atoms with Gasteiger partial charge in [-0.2, -0.15) is 11.8 Å². The zero-order chi connectivity index (χ0) is 23.0. The van der Waals surface area contributed by atoms with E-state index in [-0.39, 0.29) is 43.7 Å². The van der Waals surface area contributed by atoms with E-state index in [4.69, 9.17) is 0 Å². The molecule has 2 atom stereocenters. The van der Waals surface area contributed by atoms with Crippen LogP contribution in [0.25, 0.3) is 0 Å². The predicted octanol–water partition coefficient (Wildman–Crippen LogP) is 0.689. The first-order chi connectivity index (χ1) is 14.7. The van der Waals surface area contributed by atoms with Crippen LogP contribution < -0.4 is 16.0 Å². The van der Waals surface area contributed by atoms with Crippen molar-refractivity contribution in [1.82, 2.24) is 15.5 Å². The molecule has 1 aliphatic rings. The van der Waals surface area contributed by atoms with E-state index >= 15 is 0 Å². The van der Waals surface area contributed by atoms with Gasteiger partial charge in [0.25, 0.3) is 0 Å². The largest absolute Gasteiger partial charge is 0.347 e. The fraction of sp³-hybridized carbons (Fsp3) is 0.476. The van der Waals surface area contributed by atoms with Crippen molar-refractivity contribution >= 4 is 47.0 Å². The summed E-state index contributed by atoms with van der Waals surface area (Å²) >= 11 is 1.31. The highest BCUT2D eigenvalue weighted by molar-refractivity contribution is 8.00. The Kier molecular flexibility index (Phi) is 9.04. The predicted molar refractivity (Wildman–Crippen MR) is 118 cm³/mol. The summed E-state index contributed by atoms with van der Waals surface area (Å²) in [6, 6.07) is 6.63. The monoisotopic (exact) mass is 448 g/mol. The van der Waals surface area contributed by atoms with Crippen LogP contribution >= 0.6 is 11.8 Å². The second-order valence-corrected chi connectivity index (χ2v) is 8.21. The summed E-state index contributed by atoms with van der Waals surface area (Å²) in [5.74, 6) is -1.94. The minimum absolute atomic E-state index is 0.0161. The number of hydrogen-bond acceptors (Lipinski definition) is 6. The van der Waals surface area contributed by atoms with Crippen molar-refractivity contribution < 1.29 is 24.0 Å². The molecule has 0 radical (unpaired) electrons. The second kappa shape index (κ2) is 11.5. The van der Waals surface area contributed by atoms with Crippen molar-refractivity contribution in [2.24, 2.45) is 0 Å². The number of benzene rings is 1. The number of nitrogens with zero attached hydrogens (tertiary/aromatic N) is 1. The van der Waals surface area contributed by atoms with E-state index in [2.05, 4.69) is 16.0 Å². The van der Waals surface area contributed by atoms with Crippen LogP contribution in [0.3, 0.4) is 0 Å². The van der Waals surface area contributed by atoms with Gasteiger partial charge in [0, 0.05) is 25.1 Å². The molecule has 3 N–H and O–H groups in total. The third-order valence-electron chi connectivity index (χ3n) is 4.90. The minimum Gasteiger partial charge on any atom is -0.347 e. The normalized spacial score (nSPS) is 16.7. The number of hydrogen-bond donors (Lipinski definition) is 3. The molecule has 1 aliphatic heterocycles. The number of nitrogens with one attached hydrogen (secondary N) is 3. The average molecular weight is 449 g/mol. The lowest BCUT2D eigenvalue weighted by molar-refractivity contribution is -0.138. The summed E-state index contributed by atoms with van der Waals surface area (Å²) < 4.78 is 0. The number of carbonyl (C=O) groups is 5. The van der Waals surface area contributed by atoms with Gasteiger partial charge in [-0.1, -0.05) is 19.1 Å². The number of amides is 5. The lowest BCUT2D eigenvalue weighted by atomic mass is 10.1. The van der Waals surface area contributed by atoms with Crippen molar-refractivity contribution in [1.29, 1.82) is 0 Å². The fourth-order valence-corrected chi connectivity index (χ4v) is 3.62. The van der Waals surface area contributed by atoms with Crippen LogP contribution in [0.2, 0.25) is 0 Å². The smallest absolute Gasteiger partial charge is 0.246 e. The molecule has 1 unspecified atom stereocenters. The number of thioether (sulfide) groups is 1. The molecule has 1 heterocycles. The number of likely N-dealkylation sites (tertiary alicyclic amines) is 1. The Hall–Kier alpha value is -2.88. The molecular formula is C21H28N4O5S. The Balaban J connectivity index is 1.70. The van der Waals surface area contributed by atoms with Crippen LogP contribution in [-0.2, 0) is 30.4 Å². The van der Waals surface area contributed by atoms with Gasteiger partial charge >= 0.3 is 0 Å². The molecule has 168 valence electrons. The summed E-state index contributed by atoms with van der Waals surface area (Å²) in [5.41, 5.74) is 1.78. The Morgan fingerprint density at radius 1 is 1.16 bits per heavy atom. The molecule has 0 aromatic heterocycles. The van der Waals surface area contributed by atoms with Gasteiger partial charge in [-0.05, 0) is 37.3 Å². The molecular weight excluding hydrogens is 420 g/mol. The van der Waals surface area contributed by atoms with E-state index in [1.54, 1.807) is 25.3 Å². The number of imide groups is 1. The van der Waals surface area contributed by atoms with Gasteiger partial charge in [0.1, 0.15) is 6.04 Å². The summed E-state index contributed by atoms with van der Waals surface area (Å²) in [6.07, 6.45) is 2.71. The zero-order valence-electron chi connectivity index (χ0n) is 17.9. The third kappa shape index (κ3) is 7.09. The van der Waals surface area contributed by atoms with Gasteiger partial charge in [-0.15, -0.1) is 0 Å². The molecule has 1 fully saturated rings. The Morgan fingerprint density at radius 3 is 2.42 bits per heavy atom. The van der Waals surface area contributed by atoms with E-state index < -0.39 is 23.1 Å². The number of carbonyl (C=O) groups excluding carboxylic acids is 5. The second-order valence-electron chi connectivity index (χ2n) is 7.17. The van der Waals surface area contributed by atoms with Crippen LogP contribution in [-0.4, -0.2) is 65.1 Å². The highest BCUT2D eigenvalue weighted by Crippen LogP contribution is 2.22. The number of aryl methyl sites for hydroxylation is 1. The Bertz CT molecular complexity index is 843. The molecule has 1 aromatic carbocycles. The van der Waals surface area contributed by atoms with Crippen molar-refractivity contribution in [2.75, 3.05) is 24.7 Å². The van der Waals surface area contributed by atoms with Gasteiger partial charge in [0.2, 0.25) is 29.5 Å². The van der Waals surface area contributed by atoms with Gasteiger partial charge in [0.15, 0.2) is 0 Å². The summed E-state index contributed by atoms with van der Waals surface area (Å²) in [6.45, 7) is 3.26. The van der Waals surface area contributed by atoms with E-state index in [9.17, 15) is 24.0 Å². The van der Waals surface area contributed by atoms with E-state index in [1.807, 2.05) is 19.1 Å². The summed E-state index contributed by atoms with van der Waals surface area (Å²) in [4.78, 5) is 61.1. The molecule has 5 amide bonds. The van der Waals surface area contributed by atoms with Crippen LogP contribution in [0.15, 0.2) is 24.3 Å². The maximum Gasteiger partial charge on any atom is 0.246 e. The quantitative estimate of drug-likeness (QED) is 0.453. The molecule has 1 aromatic rings. The standard InChI is InChI=1S/C21H28N4O5S/c1-4-14-5-7-15(8-6-14)24-20(29)13(2)23-18(27)12-22-17(26)9-10-25-19(28)11-16(31-3)21(25)30/h5-8,13,16H,4,9-12H2,1-3H3,(H,22,26)(H,23,27)(H,24,29)/t13-,16?/m0/s1. The molecule has 0 bridgehead atoms. The molecule has 1 saturated heterocycles. The topological polar surface area (TPSA) is 125 Å².